The van der Waals surface area contributed by atoms with Crippen molar-refractivity contribution in [3.05, 3.63) is 35.2 Å². The number of alkyl halides is 3. The Morgan fingerprint density at radius 3 is 2.50 bits per heavy atom. The summed E-state index contributed by atoms with van der Waals surface area (Å²) in [5, 5.41) is 0.838. The van der Waals surface area contributed by atoms with Crippen molar-refractivity contribution in [1.29, 1.82) is 0 Å². The standard InChI is InChI=1S/C11H10F3NS/c12-11(13,14)8(6-15)10-5-7-3-1-2-4-9(7)16-10/h1-5,8H,6,15H2. The van der Waals surface area contributed by atoms with Crippen LogP contribution in [0.2, 0.25) is 0 Å². The fraction of sp³-hybridized carbons (Fsp3) is 0.273. The van der Waals surface area contributed by atoms with Crippen LogP contribution >= 0.6 is 11.3 Å². The minimum absolute atomic E-state index is 0.288. The first-order chi connectivity index (χ1) is 7.52. The van der Waals surface area contributed by atoms with Crippen LogP contribution in [-0.4, -0.2) is 12.7 Å². The van der Waals surface area contributed by atoms with Crippen molar-refractivity contribution in [3.63, 3.8) is 0 Å². The minimum atomic E-state index is -4.27. The molecule has 5 heteroatoms. The Morgan fingerprint density at radius 1 is 1.25 bits per heavy atom. The molecule has 2 rings (SSSR count). The fourth-order valence-corrected chi connectivity index (χ4v) is 2.79. The van der Waals surface area contributed by atoms with E-state index in [0.29, 0.717) is 0 Å². The Balaban J connectivity index is 2.46. The molecule has 0 fully saturated rings. The monoisotopic (exact) mass is 245 g/mol. The average molecular weight is 245 g/mol. The molecule has 0 aliphatic rings. The van der Waals surface area contributed by atoms with E-state index in [4.69, 9.17) is 5.73 Å². The molecule has 2 aromatic rings. The van der Waals surface area contributed by atoms with Gasteiger partial charge in [-0.15, -0.1) is 11.3 Å². The number of benzene rings is 1. The number of rotatable bonds is 2. The van der Waals surface area contributed by atoms with Crippen LogP contribution in [0.4, 0.5) is 13.2 Å². The van der Waals surface area contributed by atoms with E-state index in [9.17, 15) is 13.2 Å². The van der Waals surface area contributed by atoms with Gasteiger partial charge >= 0.3 is 6.18 Å². The highest BCUT2D eigenvalue weighted by atomic mass is 32.1. The molecule has 0 bridgehead atoms. The second kappa shape index (κ2) is 4.07. The van der Waals surface area contributed by atoms with Crippen LogP contribution in [0.1, 0.15) is 10.8 Å². The predicted molar refractivity (Wildman–Crippen MR) is 59.7 cm³/mol. The van der Waals surface area contributed by atoms with Crippen LogP contribution in [0.15, 0.2) is 30.3 Å². The molecule has 2 N–H and O–H groups in total. The van der Waals surface area contributed by atoms with Crippen molar-refractivity contribution in [2.45, 2.75) is 12.1 Å². The van der Waals surface area contributed by atoms with Gasteiger partial charge in [0.1, 0.15) is 5.92 Å². The van der Waals surface area contributed by atoms with Crippen molar-refractivity contribution >= 4 is 21.4 Å². The zero-order chi connectivity index (χ0) is 11.8. The molecule has 16 heavy (non-hydrogen) atoms. The molecule has 1 nitrogen and oxygen atoms in total. The summed E-state index contributed by atoms with van der Waals surface area (Å²) < 4.78 is 38.8. The van der Waals surface area contributed by atoms with E-state index < -0.39 is 18.6 Å². The summed E-state index contributed by atoms with van der Waals surface area (Å²) in [6.45, 7) is -0.406. The molecule has 0 spiro atoms. The maximum Gasteiger partial charge on any atom is 0.397 e. The van der Waals surface area contributed by atoms with Gasteiger partial charge < -0.3 is 5.73 Å². The summed E-state index contributed by atoms with van der Waals surface area (Å²) in [6, 6.07) is 8.81. The lowest BCUT2D eigenvalue weighted by Gasteiger charge is -2.16. The zero-order valence-electron chi connectivity index (χ0n) is 8.29. The van der Waals surface area contributed by atoms with Crippen LogP contribution < -0.4 is 5.73 Å². The number of halogens is 3. The Hall–Kier alpha value is -1.07. The van der Waals surface area contributed by atoms with Crippen molar-refractivity contribution < 1.29 is 13.2 Å². The third kappa shape index (κ3) is 2.05. The van der Waals surface area contributed by atoms with E-state index in [1.807, 2.05) is 18.2 Å². The van der Waals surface area contributed by atoms with Crippen molar-refractivity contribution in [3.8, 4) is 0 Å². The molecule has 1 atom stereocenters. The smallest absolute Gasteiger partial charge is 0.329 e. The van der Waals surface area contributed by atoms with E-state index in [1.165, 1.54) is 0 Å². The molecule has 1 aromatic heterocycles. The lowest BCUT2D eigenvalue weighted by Crippen LogP contribution is -2.27. The van der Waals surface area contributed by atoms with Gasteiger partial charge in [0.25, 0.3) is 0 Å². The third-order valence-corrected chi connectivity index (χ3v) is 3.65. The molecule has 1 aromatic carbocycles. The first-order valence-electron chi connectivity index (χ1n) is 4.77. The number of thiophene rings is 1. The molecule has 0 radical (unpaired) electrons. The van der Waals surface area contributed by atoms with Crippen molar-refractivity contribution in [1.82, 2.24) is 0 Å². The van der Waals surface area contributed by atoms with E-state index in [2.05, 4.69) is 0 Å². The molecule has 0 saturated heterocycles. The number of hydrogen-bond acceptors (Lipinski definition) is 2. The number of fused-ring (bicyclic) bond motifs is 1. The van der Waals surface area contributed by atoms with Crippen LogP contribution in [0.5, 0.6) is 0 Å². The van der Waals surface area contributed by atoms with E-state index in [0.717, 1.165) is 21.4 Å². The SMILES string of the molecule is NCC(c1cc2ccccc2s1)C(F)(F)F. The summed E-state index contributed by atoms with van der Waals surface area (Å²) in [4.78, 5) is 0.288. The maximum absolute atomic E-state index is 12.7. The first-order valence-corrected chi connectivity index (χ1v) is 5.59. The van der Waals surface area contributed by atoms with E-state index in [1.54, 1.807) is 12.1 Å². The molecular formula is C11H10F3NS. The second-order valence-electron chi connectivity index (χ2n) is 3.52. The van der Waals surface area contributed by atoms with E-state index in [-0.39, 0.29) is 4.88 Å². The molecule has 86 valence electrons. The lowest BCUT2D eigenvalue weighted by molar-refractivity contribution is -0.147. The highest BCUT2D eigenvalue weighted by Crippen LogP contribution is 2.39. The molecule has 1 heterocycles. The Morgan fingerprint density at radius 2 is 1.94 bits per heavy atom. The summed E-state index contributed by atoms with van der Waals surface area (Å²) in [5.41, 5.74) is 5.20. The van der Waals surface area contributed by atoms with Crippen LogP contribution in [0.3, 0.4) is 0 Å². The molecule has 0 aliphatic heterocycles. The van der Waals surface area contributed by atoms with Gasteiger partial charge in [-0.1, -0.05) is 18.2 Å². The highest BCUT2D eigenvalue weighted by molar-refractivity contribution is 7.19. The highest BCUT2D eigenvalue weighted by Gasteiger charge is 2.40. The average Bonchev–Trinajstić information content (AvgIpc) is 2.59. The maximum atomic E-state index is 12.7. The summed E-state index contributed by atoms with van der Waals surface area (Å²) in [7, 11) is 0. The topological polar surface area (TPSA) is 26.0 Å². The van der Waals surface area contributed by atoms with Crippen LogP contribution in [-0.2, 0) is 0 Å². The van der Waals surface area contributed by atoms with Gasteiger partial charge in [-0.25, -0.2) is 0 Å². The quantitative estimate of drug-likeness (QED) is 0.860. The number of hydrogen-bond donors (Lipinski definition) is 1. The summed E-state index contributed by atoms with van der Waals surface area (Å²) in [5.74, 6) is -1.55. The normalized spacial score (nSPS) is 14.2. The largest absolute Gasteiger partial charge is 0.397 e. The van der Waals surface area contributed by atoms with Gasteiger partial charge in [-0.2, -0.15) is 13.2 Å². The van der Waals surface area contributed by atoms with Crippen LogP contribution in [0.25, 0.3) is 10.1 Å². The van der Waals surface area contributed by atoms with Gasteiger partial charge in [0.2, 0.25) is 0 Å². The van der Waals surface area contributed by atoms with Crippen molar-refractivity contribution in [2.24, 2.45) is 5.73 Å². The minimum Gasteiger partial charge on any atom is -0.329 e. The van der Waals surface area contributed by atoms with Crippen LogP contribution in [0, 0.1) is 0 Å². The second-order valence-corrected chi connectivity index (χ2v) is 4.63. The Labute approximate surface area is 94.7 Å². The van der Waals surface area contributed by atoms with Gasteiger partial charge in [0, 0.05) is 16.1 Å². The molecule has 0 aliphatic carbocycles. The predicted octanol–water partition coefficient (Wildman–Crippen LogP) is 3.51. The van der Waals surface area contributed by atoms with Crippen molar-refractivity contribution in [2.75, 3.05) is 6.54 Å². The van der Waals surface area contributed by atoms with Gasteiger partial charge in [-0.3, -0.25) is 0 Å². The summed E-state index contributed by atoms with van der Waals surface area (Å²) >= 11 is 1.16. The zero-order valence-corrected chi connectivity index (χ0v) is 9.11. The fourth-order valence-electron chi connectivity index (χ4n) is 1.59. The number of nitrogens with two attached hydrogens (primary N) is 1. The molecule has 0 amide bonds. The Bertz CT molecular complexity index is 456. The lowest BCUT2D eigenvalue weighted by atomic mass is 10.1. The summed E-state index contributed by atoms with van der Waals surface area (Å²) in [6.07, 6.45) is -4.27. The molecule has 0 saturated carbocycles. The third-order valence-electron chi connectivity index (χ3n) is 2.42. The van der Waals surface area contributed by atoms with E-state index >= 15 is 0 Å². The van der Waals surface area contributed by atoms with Gasteiger partial charge in [0.05, 0.1) is 0 Å². The molecular weight excluding hydrogens is 235 g/mol. The Kier molecular flexibility index (Phi) is 2.90. The van der Waals surface area contributed by atoms with Gasteiger partial charge in [0.15, 0.2) is 0 Å². The first kappa shape index (κ1) is 11.4. The van der Waals surface area contributed by atoms with Gasteiger partial charge in [-0.05, 0) is 17.5 Å². The molecule has 1 unspecified atom stereocenters.